The predicted octanol–water partition coefficient (Wildman–Crippen LogP) is 3.25. The Kier molecular flexibility index (Phi) is 3.70. The van der Waals surface area contributed by atoms with Gasteiger partial charge >= 0.3 is 0 Å². The van der Waals surface area contributed by atoms with Crippen molar-refractivity contribution in [3.05, 3.63) is 46.5 Å². The predicted molar refractivity (Wildman–Crippen MR) is 92.9 cm³/mol. The number of amides is 2. The van der Waals surface area contributed by atoms with Gasteiger partial charge in [0.1, 0.15) is 0 Å². The first-order valence-electron chi connectivity index (χ1n) is 8.94. The Hall–Kier alpha value is -2.10. The molecule has 126 valence electrons. The van der Waals surface area contributed by atoms with E-state index in [4.69, 9.17) is 0 Å². The van der Waals surface area contributed by atoms with Crippen LogP contribution in [0, 0.1) is 0 Å². The monoisotopic (exact) mass is 324 g/mol. The lowest BCUT2D eigenvalue weighted by atomic mass is 9.75. The number of carbonyl (C=O) groups is 2. The van der Waals surface area contributed by atoms with E-state index in [0.717, 1.165) is 38.5 Å². The van der Waals surface area contributed by atoms with Crippen LogP contribution in [-0.4, -0.2) is 47.8 Å². The third kappa shape index (κ3) is 2.20. The molecule has 0 saturated heterocycles. The SMILES string of the molecule is CN1C(=O)c2ccccc2C(=O)N(C)C2CCCC3=C2C1CCC3. The molecule has 0 saturated carbocycles. The Morgan fingerprint density at radius 1 is 0.833 bits per heavy atom. The van der Waals surface area contributed by atoms with Gasteiger partial charge in [-0.3, -0.25) is 9.59 Å². The zero-order valence-corrected chi connectivity index (χ0v) is 14.4. The number of nitrogens with zero attached hydrogens (tertiary/aromatic N) is 2. The molecule has 2 unspecified atom stereocenters. The minimum absolute atomic E-state index is 0.0303. The summed E-state index contributed by atoms with van der Waals surface area (Å²) in [7, 11) is 3.81. The first-order chi connectivity index (χ1) is 11.6. The van der Waals surface area contributed by atoms with Crippen LogP contribution in [0.2, 0.25) is 0 Å². The molecule has 4 rings (SSSR count). The summed E-state index contributed by atoms with van der Waals surface area (Å²) in [5.74, 6) is -0.0605. The number of fused-ring (bicyclic) bond motifs is 1. The molecule has 4 heteroatoms. The lowest BCUT2D eigenvalue weighted by Crippen LogP contribution is -2.47. The standard InChI is InChI=1S/C20H24N2O2/c1-21-16-11-5-7-13-8-6-12-17(18(13)16)22(2)20(24)15-10-4-3-9-14(15)19(21)23/h3-4,9-10,16-17H,5-8,11-12H2,1-2H3. The highest BCUT2D eigenvalue weighted by Crippen LogP contribution is 2.41. The largest absolute Gasteiger partial charge is 0.335 e. The zero-order chi connectivity index (χ0) is 16.8. The summed E-state index contributed by atoms with van der Waals surface area (Å²) in [6.07, 6.45) is 6.52. The van der Waals surface area contributed by atoms with E-state index in [-0.39, 0.29) is 23.9 Å². The second-order valence-electron chi connectivity index (χ2n) is 7.25. The second kappa shape index (κ2) is 5.76. The fourth-order valence-electron chi connectivity index (χ4n) is 4.76. The number of likely N-dealkylation sites (N-methyl/N-ethyl adjacent to an activating group) is 2. The highest BCUT2D eigenvalue weighted by atomic mass is 16.2. The van der Waals surface area contributed by atoms with Gasteiger partial charge in [-0.25, -0.2) is 0 Å². The molecule has 0 aromatic heterocycles. The molecule has 1 heterocycles. The molecule has 0 fully saturated rings. The van der Waals surface area contributed by atoms with Crippen molar-refractivity contribution in [2.24, 2.45) is 0 Å². The number of rotatable bonds is 0. The summed E-state index contributed by atoms with van der Waals surface area (Å²) in [4.78, 5) is 30.0. The van der Waals surface area contributed by atoms with Crippen LogP contribution >= 0.6 is 0 Å². The second-order valence-corrected chi connectivity index (χ2v) is 7.25. The summed E-state index contributed by atoms with van der Waals surface area (Å²) < 4.78 is 0. The van der Waals surface area contributed by atoms with Crippen molar-refractivity contribution in [3.63, 3.8) is 0 Å². The van der Waals surface area contributed by atoms with E-state index in [2.05, 4.69) is 0 Å². The van der Waals surface area contributed by atoms with Crippen molar-refractivity contribution >= 4 is 11.8 Å². The lowest BCUT2D eigenvalue weighted by molar-refractivity contribution is 0.0712. The van der Waals surface area contributed by atoms with Crippen molar-refractivity contribution < 1.29 is 9.59 Å². The summed E-state index contributed by atoms with van der Waals surface area (Å²) >= 11 is 0. The number of hydrogen-bond donors (Lipinski definition) is 0. The minimum Gasteiger partial charge on any atom is -0.335 e. The van der Waals surface area contributed by atoms with Crippen LogP contribution in [0.15, 0.2) is 35.4 Å². The molecular formula is C20H24N2O2. The lowest BCUT2D eigenvalue weighted by Gasteiger charge is -2.43. The van der Waals surface area contributed by atoms with E-state index in [1.807, 2.05) is 36.0 Å². The first-order valence-corrected chi connectivity index (χ1v) is 8.94. The molecule has 3 aliphatic rings. The van der Waals surface area contributed by atoms with Gasteiger partial charge in [0, 0.05) is 14.1 Å². The summed E-state index contributed by atoms with van der Waals surface area (Å²) in [6, 6.07) is 7.52. The molecule has 0 spiro atoms. The molecule has 24 heavy (non-hydrogen) atoms. The maximum absolute atomic E-state index is 13.1. The molecule has 0 bridgehead atoms. The average Bonchev–Trinajstić information content (AvgIpc) is 2.66. The quantitative estimate of drug-likeness (QED) is 0.687. The van der Waals surface area contributed by atoms with Gasteiger partial charge in [-0.1, -0.05) is 17.7 Å². The van der Waals surface area contributed by atoms with Crippen LogP contribution in [-0.2, 0) is 0 Å². The van der Waals surface area contributed by atoms with E-state index >= 15 is 0 Å². The van der Waals surface area contributed by atoms with E-state index in [1.54, 1.807) is 12.1 Å². The molecule has 0 N–H and O–H groups in total. The molecule has 4 nitrogen and oxygen atoms in total. The molecule has 1 aliphatic heterocycles. The van der Waals surface area contributed by atoms with Crippen molar-refractivity contribution in [2.45, 2.75) is 50.6 Å². The van der Waals surface area contributed by atoms with Gasteiger partial charge in [-0.2, -0.15) is 0 Å². The Balaban J connectivity index is 1.92. The highest BCUT2D eigenvalue weighted by molar-refractivity contribution is 6.07. The Labute approximate surface area is 143 Å². The van der Waals surface area contributed by atoms with Crippen LogP contribution < -0.4 is 0 Å². The Bertz CT molecular complexity index is 678. The summed E-state index contributed by atoms with van der Waals surface area (Å²) in [5.41, 5.74) is 3.91. The van der Waals surface area contributed by atoms with E-state index in [0.29, 0.717) is 11.1 Å². The molecule has 1 aromatic rings. The molecule has 2 amide bonds. The first kappa shape index (κ1) is 15.4. The highest BCUT2D eigenvalue weighted by Gasteiger charge is 2.40. The van der Waals surface area contributed by atoms with Gasteiger partial charge in [0.15, 0.2) is 0 Å². The zero-order valence-electron chi connectivity index (χ0n) is 14.4. The maximum atomic E-state index is 13.1. The molecule has 1 aromatic carbocycles. The van der Waals surface area contributed by atoms with Crippen LogP contribution in [0.4, 0.5) is 0 Å². The molecule has 2 atom stereocenters. The van der Waals surface area contributed by atoms with Gasteiger partial charge in [-0.15, -0.1) is 0 Å². The van der Waals surface area contributed by atoms with Crippen molar-refractivity contribution in [3.8, 4) is 0 Å². The van der Waals surface area contributed by atoms with Crippen LogP contribution in [0.1, 0.15) is 59.2 Å². The number of hydrogen-bond acceptors (Lipinski definition) is 2. The third-order valence-corrected chi connectivity index (χ3v) is 6.00. The van der Waals surface area contributed by atoms with Gasteiger partial charge in [0.2, 0.25) is 0 Å². The topological polar surface area (TPSA) is 40.6 Å². The maximum Gasteiger partial charge on any atom is 0.254 e. The number of carbonyl (C=O) groups excluding carboxylic acids is 2. The fraction of sp³-hybridized carbons (Fsp3) is 0.500. The van der Waals surface area contributed by atoms with Crippen LogP contribution in [0.3, 0.4) is 0 Å². The normalized spacial score (nSPS) is 27.2. The van der Waals surface area contributed by atoms with Gasteiger partial charge in [0.25, 0.3) is 11.8 Å². The summed E-state index contributed by atoms with van der Waals surface area (Å²) in [6.45, 7) is 0. The van der Waals surface area contributed by atoms with Gasteiger partial charge < -0.3 is 9.80 Å². The molecular weight excluding hydrogens is 300 g/mol. The average molecular weight is 324 g/mol. The van der Waals surface area contributed by atoms with E-state index < -0.39 is 0 Å². The summed E-state index contributed by atoms with van der Waals surface area (Å²) in [5, 5.41) is 0. The molecule has 0 radical (unpaired) electrons. The Morgan fingerprint density at radius 2 is 1.29 bits per heavy atom. The van der Waals surface area contributed by atoms with Crippen molar-refractivity contribution in [1.29, 1.82) is 0 Å². The Morgan fingerprint density at radius 3 is 1.75 bits per heavy atom. The van der Waals surface area contributed by atoms with Gasteiger partial charge in [0.05, 0.1) is 23.2 Å². The smallest absolute Gasteiger partial charge is 0.254 e. The molecule has 2 aliphatic carbocycles. The van der Waals surface area contributed by atoms with E-state index in [9.17, 15) is 9.59 Å². The fourth-order valence-corrected chi connectivity index (χ4v) is 4.76. The van der Waals surface area contributed by atoms with Crippen LogP contribution in [0.5, 0.6) is 0 Å². The number of benzene rings is 1. The minimum atomic E-state index is -0.0303. The van der Waals surface area contributed by atoms with Crippen molar-refractivity contribution in [2.75, 3.05) is 14.1 Å². The van der Waals surface area contributed by atoms with Gasteiger partial charge in [-0.05, 0) is 56.2 Å². The van der Waals surface area contributed by atoms with Crippen LogP contribution in [0.25, 0.3) is 0 Å². The van der Waals surface area contributed by atoms with E-state index in [1.165, 1.54) is 11.1 Å². The van der Waals surface area contributed by atoms with Crippen molar-refractivity contribution in [1.82, 2.24) is 9.80 Å². The third-order valence-electron chi connectivity index (χ3n) is 6.00. The number of allylic oxidation sites excluding steroid dienone is 1.